The van der Waals surface area contributed by atoms with Gasteiger partial charge in [0.05, 0.1) is 25.0 Å². The summed E-state index contributed by atoms with van der Waals surface area (Å²) in [7, 11) is 0. The number of rotatable bonds is 6. The van der Waals surface area contributed by atoms with Crippen LogP contribution in [0.15, 0.2) is 18.2 Å². The van der Waals surface area contributed by atoms with Gasteiger partial charge in [0.25, 0.3) is 0 Å². The lowest BCUT2D eigenvalue weighted by atomic mass is 10.2. The van der Waals surface area contributed by atoms with Gasteiger partial charge in [0.15, 0.2) is 0 Å². The summed E-state index contributed by atoms with van der Waals surface area (Å²) in [5.41, 5.74) is 0.784. The van der Waals surface area contributed by atoms with E-state index >= 15 is 0 Å². The molecule has 0 radical (unpaired) electrons. The highest BCUT2D eigenvalue weighted by molar-refractivity contribution is 5.60. The molecule has 0 spiro atoms. The number of nitriles is 1. The van der Waals surface area contributed by atoms with Gasteiger partial charge in [0, 0.05) is 6.07 Å². The molecule has 1 rings (SSSR count). The third-order valence-corrected chi connectivity index (χ3v) is 2.13. The smallest absolute Gasteiger partial charge is 0.142 e. The van der Waals surface area contributed by atoms with Gasteiger partial charge in [-0.1, -0.05) is 0 Å². The van der Waals surface area contributed by atoms with E-state index in [0.717, 1.165) is 17.2 Å². The lowest BCUT2D eigenvalue weighted by Gasteiger charge is -2.15. The zero-order chi connectivity index (χ0) is 12.7. The van der Waals surface area contributed by atoms with E-state index in [1.54, 1.807) is 6.92 Å². The largest absolute Gasteiger partial charge is 0.494 e. The molecule has 1 N–H and O–H groups in total. The highest BCUT2D eigenvalue weighted by Crippen LogP contribution is 2.29. The summed E-state index contributed by atoms with van der Waals surface area (Å²) in [6.45, 7) is 6.85. The molecule has 0 aliphatic heterocycles. The van der Waals surface area contributed by atoms with Gasteiger partial charge in [0.2, 0.25) is 0 Å². The molecule has 1 aromatic carbocycles. The molecule has 0 aromatic heterocycles. The normalized spacial score (nSPS) is 11.4. The Morgan fingerprint density at radius 3 is 2.59 bits per heavy atom. The van der Waals surface area contributed by atoms with Crippen molar-refractivity contribution in [3.05, 3.63) is 18.2 Å². The second-order valence-corrected chi connectivity index (χ2v) is 3.52. The summed E-state index contributed by atoms with van der Waals surface area (Å²) >= 11 is 0. The Morgan fingerprint density at radius 2 is 2.00 bits per heavy atom. The Morgan fingerprint density at radius 1 is 1.29 bits per heavy atom. The van der Waals surface area contributed by atoms with Crippen LogP contribution in [0.5, 0.6) is 11.5 Å². The number of nitrogens with one attached hydrogen (secondary N) is 1. The SMILES string of the molecule is CCOc1ccc(OCC)c(NC(C)C#N)c1. The number of hydrogen-bond acceptors (Lipinski definition) is 4. The molecular weight excluding hydrogens is 216 g/mol. The summed E-state index contributed by atoms with van der Waals surface area (Å²) < 4.78 is 10.9. The van der Waals surface area contributed by atoms with Crippen LogP contribution in [-0.4, -0.2) is 19.3 Å². The molecule has 0 aliphatic carbocycles. The van der Waals surface area contributed by atoms with Crippen molar-refractivity contribution in [3.8, 4) is 17.6 Å². The molecule has 4 heteroatoms. The summed E-state index contributed by atoms with van der Waals surface area (Å²) in [5, 5.41) is 11.9. The van der Waals surface area contributed by atoms with Gasteiger partial charge in [-0.3, -0.25) is 0 Å². The molecule has 4 nitrogen and oxygen atoms in total. The minimum Gasteiger partial charge on any atom is -0.494 e. The first-order valence-electron chi connectivity index (χ1n) is 5.77. The molecule has 0 aliphatic rings. The van der Waals surface area contributed by atoms with Gasteiger partial charge in [0.1, 0.15) is 17.5 Å². The third-order valence-electron chi connectivity index (χ3n) is 2.13. The van der Waals surface area contributed by atoms with Crippen LogP contribution in [0.3, 0.4) is 0 Å². The molecule has 0 fully saturated rings. The number of hydrogen-bond donors (Lipinski definition) is 1. The average Bonchev–Trinajstić information content (AvgIpc) is 2.33. The number of ether oxygens (including phenoxy) is 2. The first kappa shape index (κ1) is 13.2. The van der Waals surface area contributed by atoms with Crippen LogP contribution in [0.25, 0.3) is 0 Å². The predicted molar refractivity (Wildman–Crippen MR) is 67.5 cm³/mol. The van der Waals surface area contributed by atoms with Crippen molar-refractivity contribution in [1.82, 2.24) is 0 Å². The van der Waals surface area contributed by atoms with Crippen molar-refractivity contribution >= 4 is 5.69 Å². The first-order valence-corrected chi connectivity index (χ1v) is 5.77. The van der Waals surface area contributed by atoms with Crippen molar-refractivity contribution in [3.63, 3.8) is 0 Å². The number of benzene rings is 1. The maximum atomic E-state index is 8.80. The van der Waals surface area contributed by atoms with Crippen molar-refractivity contribution in [2.75, 3.05) is 18.5 Å². The second-order valence-electron chi connectivity index (χ2n) is 3.52. The molecule has 1 atom stereocenters. The van der Waals surface area contributed by atoms with E-state index in [1.165, 1.54) is 0 Å². The van der Waals surface area contributed by atoms with E-state index in [-0.39, 0.29) is 6.04 Å². The van der Waals surface area contributed by atoms with Crippen molar-refractivity contribution in [2.45, 2.75) is 26.8 Å². The van der Waals surface area contributed by atoms with E-state index in [0.29, 0.717) is 13.2 Å². The molecule has 0 bridgehead atoms. The van der Waals surface area contributed by atoms with E-state index < -0.39 is 0 Å². The predicted octanol–water partition coefficient (Wildman–Crippen LogP) is 2.81. The van der Waals surface area contributed by atoms with Gasteiger partial charge in [-0.05, 0) is 32.9 Å². The zero-order valence-electron chi connectivity index (χ0n) is 10.5. The summed E-state index contributed by atoms with van der Waals surface area (Å²) in [5.74, 6) is 1.50. The van der Waals surface area contributed by atoms with E-state index in [9.17, 15) is 0 Å². The summed E-state index contributed by atoms with van der Waals surface area (Å²) in [6, 6.07) is 7.41. The third kappa shape index (κ3) is 3.87. The first-order chi connectivity index (χ1) is 8.21. The van der Waals surface area contributed by atoms with Crippen LogP contribution >= 0.6 is 0 Å². The van der Waals surface area contributed by atoms with Crippen LogP contribution in [0.2, 0.25) is 0 Å². The van der Waals surface area contributed by atoms with Crippen LogP contribution in [0.4, 0.5) is 5.69 Å². The molecule has 0 amide bonds. The maximum absolute atomic E-state index is 8.80. The van der Waals surface area contributed by atoms with Crippen LogP contribution in [-0.2, 0) is 0 Å². The maximum Gasteiger partial charge on any atom is 0.142 e. The van der Waals surface area contributed by atoms with Crippen molar-refractivity contribution in [1.29, 1.82) is 5.26 Å². The van der Waals surface area contributed by atoms with Crippen molar-refractivity contribution < 1.29 is 9.47 Å². The summed E-state index contributed by atoms with van der Waals surface area (Å²) in [6.07, 6.45) is 0. The van der Waals surface area contributed by atoms with Gasteiger partial charge in [-0.2, -0.15) is 5.26 Å². The van der Waals surface area contributed by atoms with Gasteiger partial charge >= 0.3 is 0 Å². The zero-order valence-corrected chi connectivity index (χ0v) is 10.5. The Balaban J connectivity index is 2.94. The molecule has 0 heterocycles. The summed E-state index contributed by atoms with van der Waals surface area (Å²) in [4.78, 5) is 0. The number of anilines is 1. The van der Waals surface area contributed by atoms with Gasteiger partial charge in [-0.25, -0.2) is 0 Å². The van der Waals surface area contributed by atoms with E-state index in [1.807, 2.05) is 32.0 Å². The van der Waals surface area contributed by atoms with Gasteiger partial charge < -0.3 is 14.8 Å². The minimum atomic E-state index is -0.272. The Labute approximate surface area is 102 Å². The molecule has 1 unspecified atom stereocenters. The lowest BCUT2D eigenvalue weighted by molar-refractivity contribution is 0.331. The highest BCUT2D eigenvalue weighted by atomic mass is 16.5. The Bertz CT molecular complexity index is 399. The average molecular weight is 234 g/mol. The van der Waals surface area contributed by atoms with Crippen LogP contribution in [0.1, 0.15) is 20.8 Å². The van der Waals surface area contributed by atoms with Gasteiger partial charge in [-0.15, -0.1) is 0 Å². The fourth-order valence-corrected chi connectivity index (χ4v) is 1.43. The topological polar surface area (TPSA) is 54.3 Å². The monoisotopic (exact) mass is 234 g/mol. The molecular formula is C13H18N2O2. The Hall–Kier alpha value is -1.89. The quantitative estimate of drug-likeness (QED) is 0.822. The standard InChI is InChI=1S/C13H18N2O2/c1-4-16-11-6-7-13(17-5-2)12(8-11)15-10(3)9-14/h6-8,10,15H,4-5H2,1-3H3. The molecule has 0 saturated carbocycles. The molecule has 17 heavy (non-hydrogen) atoms. The lowest BCUT2D eigenvalue weighted by Crippen LogP contribution is -2.13. The second kappa shape index (κ2) is 6.64. The minimum absolute atomic E-state index is 0.272. The Kier molecular flexibility index (Phi) is 5.15. The molecule has 92 valence electrons. The number of nitrogens with zero attached hydrogens (tertiary/aromatic N) is 1. The van der Waals surface area contributed by atoms with E-state index in [2.05, 4.69) is 11.4 Å². The molecule has 1 aromatic rings. The van der Waals surface area contributed by atoms with Crippen LogP contribution in [0, 0.1) is 11.3 Å². The van der Waals surface area contributed by atoms with E-state index in [4.69, 9.17) is 14.7 Å². The van der Waals surface area contributed by atoms with Crippen molar-refractivity contribution in [2.24, 2.45) is 0 Å². The fourth-order valence-electron chi connectivity index (χ4n) is 1.43. The molecule has 0 saturated heterocycles. The highest BCUT2D eigenvalue weighted by Gasteiger charge is 2.08. The van der Waals surface area contributed by atoms with Crippen LogP contribution < -0.4 is 14.8 Å². The fraction of sp³-hybridized carbons (Fsp3) is 0.462.